The van der Waals surface area contributed by atoms with Crippen LogP contribution >= 0.6 is 0 Å². The second kappa shape index (κ2) is 6.72. The molecule has 104 valence electrons. The number of anilines is 1. The molecule has 0 aliphatic carbocycles. The van der Waals surface area contributed by atoms with E-state index in [9.17, 15) is 9.59 Å². The number of pyridine rings is 1. The van der Waals surface area contributed by atoms with Gasteiger partial charge in [-0.05, 0) is 25.0 Å². The number of aromatic nitrogens is 1. The first-order valence-electron chi connectivity index (χ1n) is 6.20. The van der Waals surface area contributed by atoms with E-state index in [-0.39, 0.29) is 11.8 Å². The van der Waals surface area contributed by atoms with Gasteiger partial charge in [0.25, 0.3) is 5.91 Å². The largest absolute Gasteiger partial charge is 0.384 e. The Bertz CT molecular complexity index is 442. The van der Waals surface area contributed by atoms with Gasteiger partial charge >= 0.3 is 0 Å². The molecule has 1 aromatic rings. The fourth-order valence-electron chi connectivity index (χ4n) is 1.34. The van der Waals surface area contributed by atoms with E-state index in [1.165, 1.54) is 6.20 Å². The van der Waals surface area contributed by atoms with Gasteiger partial charge in [-0.25, -0.2) is 4.98 Å². The van der Waals surface area contributed by atoms with E-state index in [2.05, 4.69) is 15.6 Å². The number of carbonyl (C=O) groups is 2. The first kappa shape index (κ1) is 14.9. The Hall–Kier alpha value is -2.11. The van der Waals surface area contributed by atoms with Crippen molar-refractivity contribution in [1.29, 1.82) is 0 Å². The Morgan fingerprint density at radius 1 is 1.32 bits per heavy atom. The first-order chi connectivity index (χ1) is 8.90. The number of nitrogens with one attached hydrogen (secondary N) is 2. The minimum Gasteiger partial charge on any atom is -0.384 e. The Balaban J connectivity index is 2.51. The third kappa shape index (κ3) is 4.95. The van der Waals surface area contributed by atoms with Gasteiger partial charge in [0.05, 0.1) is 5.56 Å². The van der Waals surface area contributed by atoms with Gasteiger partial charge in [-0.1, -0.05) is 13.8 Å². The minimum absolute atomic E-state index is 0.203. The summed E-state index contributed by atoms with van der Waals surface area (Å²) in [4.78, 5) is 27.4. The summed E-state index contributed by atoms with van der Waals surface area (Å²) in [5, 5.41) is 5.37. The summed E-state index contributed by atoms with van der Waals surface area (Å²) in [6.45, 7) is 6.23. The standard InChI is InChI=1S/C13H20N4O2/c1-8(2)6-16-12(18)9(3)17-13(19)10-4-5-11(14)15-7-10/h4-5,7-9H,6H2,1-3H3,(H2,14,15)(H,16,18)(H,17,19). The summed E-state index contributed by atoms with van der Waals surface area (Å²) in [5.74, 6) is 0.164. The molecule has 6 nitrogen and oxygen atoms in total. The van der Waals surface area contributed by atoms with Crippen molar-refractivity contribution in [3.63, 3.8) is 0 Å². The molecule has 1 atom stereocenters. The van der Waals surface area contributed by atoms with E-state index in [0.717, 1.165) is 0 Å². The molecular weight excluding hydrogens is 244 g/mol. The Morgan fingerprint density at radius 2 is 2.00 bits per heavy atom. The molecule has 2 amide bonds. The molecule has 0 spiro atoms. The molecule has 0 bridgehead atoms. The minimum atomic E-state index is -0.594. The van der Waals surface area contributed by atoms with Crippen molar-refractivity contribution >= 4 is 17.6 Å². The predicted octanol–water partition coefficient (Wildman–Crippen LogP) is 0.554. The molecular formula is C13H20N4O2. The van der Waals surface area contributed by atoms with E-state index >= 15 is 0 Å². The lowest BCUT2D eigenvalue weighted by Crippen LogP contribution is -2.45. The van der Waals surface area contributed by atoms with Crippen molar-refractivity contribution in [1.82, 2.24) is 15.6 Å². The maximum absolute atomic E-state index is 11.8. The van der Waals surface area contributed by atoms with E-state index in [0.29, 0.717) is 23.8 Å². The summed E-state index contributed by atoms with van der Waals surface area (Å²) in [7, 11) is 0. The highest BCUT2D eigenvalue weighted by molar-refractivity contribution is 5.97. The molecule has 1 heterocycles. The number of amides is 2. The van der Waals surface area contributed by atoms with Crippen molar-refractivity contribution in [3.8, 4) is 0 Å². The van der Waals surface area contributed by atoms with Crippen LogP contribution < -0.4 is 16.4 Å². The van der Waals surface area contributed by atoms with Crippen molar-refractivity contribution < 1.29 is 9.59 Å². The topological polar surface area (TPSA) is 97.1 Å². The van der Waals surface area contributed by atoms with Gasteiger partial charge in [0.2, 0.25) is 5.91 Å². The summed E-state index contributed by atoms with van der Waals surface area (Å²) >= 11 is 0. The molecule has 0 aliphatic rings. The smallest absolute Gasteiger partial charge is 0.253 e. The average molecular weight is 264 g/mol. The van der Waals surface area contributed by atoms with Gasteiger partial charge in [-0.15, -0.1) is 0 Å². The number of nitrogens with two attached hydrogens (primary N) is 1. The zero-order valence-corrected chi connectivity index (χ0v) is 11.4. The summed E-state index contributed by atoms with van der Waals surface area (Å²) in [6, 6.07) is 2.51. The van der Waals surface area contributed by atoms with E-state index in [4.69, 9.17) is 5.73 Å². The van der Waals surface area contributed by atoms with Crippen molar-refractivity contribution in [2.75, 3.05) is 12.3 Å². The quantitative estimate of drug-likeness (QED) is 0.723. The van der Waals surface area contributed by atoms with Crippen LogP contribution in [0.15, 0.2) is 18.3 Å². The van der Waals surface area contributed by atoms with Crippen LogP contribution in [0, 0.1) is 5.92 Å². The van der Waals surface area contributed by atoms with Gasteiger partial charge in [-0.3, -0.25) is 9.59 Å². The monoisotopic (exact) mass is 264 g/mol. The molecule has 0 aliphatic heterocycles. The van der Waals surface area contributed by atoms with Gasteiger partial charge < -0.3 is 16.4 Å². The second-order valence-corrected chi connectivity index (χ2v) is 4.81. The van der Waals surface area contributed by atoms with Gasteiger partial charge in [0.1, 0.15) is 11.9 Å². The van der Waals surface area contributed by atoms with Crippen LogP contribution in [0.1, 0.15) is 31.1 Å². The number of carbonyl (C=O) groups excluding carboxylic acids is 2. The van der Waals surface area contributed by atoms with Crippen LogP contribution in [-0.2, 0) is 4.79 Å². The number of nitrogen functional groups attached to an aromatic ring is 1. The van der Waals surface area contributed by atoms with Gasteiger partial charge in [-0.2, -0.15) is 0 Å². The number of hydrogen-bond acceptors (Lipinski definition) is 4. The molecule has 0 fully saturated rings. The third-order valence-corrected chi connectivity index (χ3v) is 2.47. The molecule has 1 aromatic heterocycles. The Morgan fingerprint density at radius 3 is 2.53 bits per heavy atom. The van der Waals surface area contributed by atoms with Crippen molar-refractivity contribution in [2.45, 2.75) is 26.8 Å². The van der Waals surface area contributed by atoms with E-state index in [1.807, 2.05) is 13.8 Å². The maximum Gasteiger partial charge on any atom is 0.253 e. The highest BCUT2D eigenvalue weighted by Crippen LogP contribution is 2.01. The maximum atomic E-state index is 11.8. The zero-order chi connectivity index (χ0) is 14.4. The molecule has 1 rings (SSSR count). The summed E-state index contributed by atoms with van der Waals surface area (Å²) in [5.41, 5.74) is 5.81. The summed E-state index contributed by atoms with van der Waals surface area (Å²) < 4.78 is 0. The van der Waals surface area contributed by atoms with Crippen LogP contribution in [0.25, 0.3) is 0 Å². The second-order valence-electron chi connectivity index (χ2n) is 4.81. The average Bonchev–Trinajstić information content (AvgIpc) is 2.36. The first-order valence-corrected chi connectivity index (χ1v) is 6.20. The molecule has 1 unspecified atom stereocenters. The van der Waals surface area contributed by atoms with Gasteiger partial charge in [0, 0.05) is 12.7 Å². The molecule has 0 saturated heterocycles. The van der Waals surface area contributed by atoms with Crippen LogP contribution in [0.2, 0.25) is 0 Å². The number of nitrogens with zero attached hydrogens (tertiary/aromatic N) is 1. The lowest BCUT2D eigenvalue weighted by atomic mass is 10.2. The van der Waals surface area contributed by atoms with Gasteiger partial charge in [0.15, 0.2) is 0 Å². The van der Waals surface area contributed by atoms with E-state index < -0.39 is 6.04 Å². The Kier molecular flexibility index (Phi) is 5.29. The fourth-order valence-corrected chi connectivity index (χ4v) is 1.34. The van der Waals surface area contributed by atoms with E-state index in [1.54, 1.807) is 19.1 Å². The molecule has 19 heavy (non-hydrogen) atoms. The molecule has 0 aromatic carbocycles. The van der Waals surface area contributed by atoms with Crippen LogP contribution in [0.5, 0.6) is 0 Å². The van der Waals surface area contributed by atoms with Crippen LogP contribution in [-0.4, -0.2) is 29.4 Å². The lowest BCUT2D eigenvalue weighted by molar-refractivity contribution is -0.122. The van der Waals surface area contributed by atoms with Crippen molar-refractivity contribution in [3.05, 3.63) is 23.9 Å². The van der Waals surface area contributed by atoms with Crippen LogP contribution in [0.3, 0.4) is 0 Å². The SMILES string of the molecule is CC(C)CNC(=O)C(C)NC(=O)c1ccc(N)nc1. The number of rotatable bonds is 5. The Labute approximate surface area is 112 Å². The van der Waals surface area contributed by atoms with Crippen molar-refractivity contribution in [2.24, 2.45) is 5.92 Å². The lowest BCUT2D eigenvalue weighted by Gasteiger charge is -2.15. The fraction of sp³-hybridized carbons (Fsp3) is 0.462. The summed E-state index contributed by atoms with van der Waals surface area (Å²) in [6.07, 6.45) is 1.38. The van der Waals surface area contributed by atoms with Crippen LogP contribution in [0.4, 0.5) is 5.82 Å². The molecule has 4 N–H and O–H groups in total. The highest BCUT2D eigenvalue weighted by Gasteiger charge is 2.16. The normalized spacial score (nSPS) is 12.0. The number of hydrogen-bond donors (Lipinski definition) is 3. The highest BCUT2D eigenvalue weighted by atomic mass is 16.2. The molecule has 0 radical (unpaired) electrons. The molecule has 0 saturated carbocycles. The zero-order valence-electron chi connectivity index (χ0n) is 11.4. The third-order valence-electron chi connectivity index (χ3n) is 2.47. The predicted molar refractivity (Wildman–Crippen MR) is 73.4 cm³/mol. The molecule has 6 heteroatoms.